The molecule has 3 amide bonds. The van der Waals surface area contributed by atoms with Crippen LogP contribution in [0.2, 0.25) is 0 Å². The Hall–Kier alpha value is -4.17. The van der Waals surface area contributed by atoms with Gasteiger partial charge in [-0.15, -0.1) is 0 Å². The van der Waals surface area contributed by atoms with Gasteiger partial charge in [0.25, 0.3) is 17.7 Å². The van der Waals surface area contributed by atoms with Crippen molar-refractivity contribution in [2.75, 3.05) is 38.5 Å². The first-order chi connectivity index (χ1) is 18.2. The summed E-state index contributed by atoms with van der Waals surface area (Å²) in [6.07, 6.45) is 1.78. The first kappa shape index (κ1) is 25.5. The van der Waals surface area contributed by atoms with E-state index >= 15 is 0 Å². The normalized spacial score (nSPS) is 17.3. The van der Waals surface area contributed by atoms with Crippen molar-refractivity contribution in [1.82, 2.24) is 20.1 Å². The first-order valence-electron chi connectivity index (χ1n) is 12.9. The van der Waals surface area contributed by atoms with Crippen LogP contribution >= 0.6 is 0 Å². The highest BCUT2D eigenvalue weighted by Gasteiger charge is 2.28. The zero-order valence-electron chi connectivity index (χ0n) is 22.2. The van der Waals surface area contributed by atoms with E-state index in [-0.39, 0.29) is 23.8 Å². The summed E-state index contributed by atoms with van der Waals surface area (Å²) in [4.78, 5) is 46.7. The lowest BCUT2D eigenvalue weighted by molar-refractivity contribution is -0.110. The van der Waals surface area contributed by atoms with Crippen molar-refractivity contribution >= 4 is 35.1 Å². The predicted molar refractivity (Wildman–Crippen MR) is 149 cm³/mol. The number of nitrogens with one attached hydrogen (secondary N) is 3. The maximum absolute atomic E-state index is 13.3. The van der Waals surface area contributed by atoms with Gasteiger partial charge in [0.1, 0.15) is 0 Å². The zero-order valence-corrected chi connectivity index (χ0v) is 22.2. The predicted octanol–water partition coefficient (Wildman–Crippen LogP) is 4.00. The van der Waals surface area contributed by atoms with Crippen LogP contribution in [0.15, 0.2) is 48.5 Å². The minimum Gasteiger partial charge on any atom is -0.358 e. The number of piperazine rings is 1. The molecule has 0 unspecified atom stereocenters. The number of carbonyl (C=O) groups excluding carboxylic acids is 3. The second kappa shape index (κ2) is 10.3. The third-order valence-corrected chi connectivity index (χ3v) is 7.48. The van der Waals surface area contributed by atoms with Crippen molar-refractivity contribution in [3.8, 4) is 0 Å². The number of carbonyl (C=O) groups is 3. The zero-order chi connectivity index (χ0) is 27.0. The lowest BCUT2D eigenvalue weighted by Gasteiger charge is -2.32. The summed E-state index contributed by atoms with van der Waals surface area (Å²) in [5.74, 6) is -0.444. The molecular formula is C30H33N5O3. The summed E-state index contributed by atoms with van der Waals surface area (Å²) in [5.41, 5.74) is 6.21. The van der Waals surface area contributed by atoms with Gasteiger partial charge in [-0.25, -0.2) is 0 Å². The van der Waals surface area contributed by atoms with Gasteiger partial charge in [-0.05, 0) is 63.2 Å². The second-order valence-electron chi connectivity index (χ2n) is 10.1. The quantitative estimate of drug-likeness (QED) is 0.451. The van der Waals surface area contributed by atoms with Crippen LogP contribution < -0.4 is 10.6 Å². The van der Waals surface area contributed by atoms with E-state index in [2.05, 4.69) is 27.6 Å². The fourth-order valence-corrected chi connectivity index (χ4v) is 5.13. The molecule has 1 fully saturated rings. The molecule has 3 heterocycles. The van der Waals surface area contributed by atoms with Gasteiger partial charge in [-0.3, -0.25) is 14.4 Å². The van der Waals surface area contributed by atoms with Crippen LogP contribution in [-0.4, -0.2) is 65.7 Å². The topological polar surface area (TPSA) is 97.5 Å². The van der Waals surface area contributed by atoms with Gasteiger partial charge in [0.2, 0.25) is 0 Å². The van der Waals surface area contributed by atoms with Crippen LogP contribution in [0.3, 0.4) is 0 Å². The van der Waals surface area contributed by atoms with Gasteiger partial charge < -0.3 is 25.4 Å². The van der Waals surface area contributed by atoms with E-state index in [1.807, 2.05) is 56.0 Å². The lowest BCUT2D eigenvalue weighted by atomic mass is 10.0. The van der Waals surface area contributed by atoms with Gasteiger partial charge in [0.05, 0.1) is 17.2 Å². The third-order valence-electron chi connectivity index (χ3n) is 7.48. The highest BCUT2D eigenvalue weighted by molar-refractivity contribution is 6.35. The van der Waals surface area contributed by atoms with Crippen LogP contribution in [-0.2, 0) is 4.79 Å². The van der Waals surface area contributed by atoms with Crippen LogP contribution in [0, 0.1) is 13.8 Å². The fourth-order valence-electron chi connectivity index (χ4n) is 5.13. The molecule has 2 aliphatic heterocycles. The molecular weight excluding hydrogens is 478 g/mol. The van der Waals surface area contributed by atoms with Crippen LogP contribution in [0.25, 0.3) is 11.6 Å². The summed E-state index contributed by atoms with van der Waals surface area (Å²) in [7, 11) is 2.06. The number of likely N-dealkylation sites (N-methyl/N-ethyl adjacent to an activating group) is 1. The smallest absolute Gasteiger partial charge is 0.256 e. The number of nitrogens with zero attached hydrogens (tertiary/aromatic N) is 2. The Bertz CT molecular complexity index is 1430. The van der Waals surface area contributed by atoms with Crippen LogP contribution in [0.4, 0.5) is 5.69 Å². The molecule has 8 heteroatoms. The van der Waals surface area contributed by atoms with Crippen molar-refractivity contribution in [3.63, 3.8) is 0 Å². The number of hydrogen-bond acceptors (Lipinski definition) is 4. The van der Waals surface area contributed by atoms with Gasteiger partial charge >= 0.3 is 0 Å². The Balaban J connectivity index is 1.41. The minimum absolute atomic E-state index is 0.0109. The van der Waals surface area contributed by atoms with E-state index in [9.17, 15) is 14.4 Å². The van der Waals surface area contributed by atoms with Gasteiger partial charge in [0, 0.05) is 54.4 Å². The Morgan fingerprint density at radius 1 is 1.03 bits per heavy atom. The Labute approximate surface area is 222 Å². The molecule has 2 aliphatic rings. The second-order valence-corrected chi connectivity index (χ2v) is 10.1. The van der Waals surface area contributed by atoms with E-state index in [0.717, 1.165) is 29.9 Å². The summed E-state index contributed by atoms with van der Waals surface area (Å²) in [6, 6.07) is 14.8. The molecule has 0 saturated carbocycles. The average molecular weight is 512 g/mol. The van der Waals surface area contributed by atoms with Crippen LogP contribution in [0.1, 0.15) is 61.8 Å². The molecule has 3 N–H and O–H groups in total. The molecule has 1 saturated heterocycles. The number of H-pyrrole nitrogens is 1. The molecule has 0 bridgehead atoms. The van der Waals surface area contributed by atoms with E-state index < -0.39 is 0 Å². The molecule has 0 spiro atoms. The number of anilines is 1. The molecule has 8 nitrogen and oxygen atoms in total. The Kier molecular flexibility index (Phi) is 6.91. The monoisotopic (exact) mass is 511 g/mol. The lowest BCUT2D eigenvalue weighted by Crippen LogP contribution is -2.47. The van der Waals surface area contributed by atoms with E-state index in [4.69, 9.17) is 0 Å². The molecule has 2 aromatic carbocycles. The van der Waals surface area contributed by atoms with E-state index in [0.29, 0.717) is 46.7 Å². The highest BCUT2D eigenvalue weighted by atomic mass is 16.2. The van der Waals surface area contributed by atoms with Crippen molar-refractivity contribution in [1.29, 1.82) is 0 Å². The maximum Gasteiger partial charge on any atom is 0.256 e. The largest absolute Gasteiger partial charge is 0.358 e. The first-order valence-corrected chi connectivity index (χ1v) is 12.9. The minimum atomic E-state index is -0.242. The number of hydrogen-bond donors (Lipinski definition) is 3. The van der Waals surface area contributed by atoms with Crippen molar-refractivity contribution in [2.24, 2.45) is 0 Å². The van der Waals surface area contributed by atoms with Crippen molar-refractivity contribution in [3.05, 3.63) is 87.7 Å². The molecule has 0 radical (unpaired) electrons. The van der Waals surface area contributed by atoms with Gasteiger partial charge in [-0.1, -0.05) is 30.3 Å². The SMILES string of the molecule is Cc1[nH]c(C=C2C(=O)Nc3ccc(C(=O)N[C@H](C)c4ccccc4)cc32)c(C)c1C(=O)N1CCN(C)CC1. The molecule has 38 heavy (non-hydrogen) atoms. The maximum atomic E-state index is 13.3. The molecule has 196 valence electrons. The van der Waals surface area contributed by atoms with Crippen LogP contribution in [0.5, 0.6) is 0 Å². The number of rotatable bonds is 5. The summed E-state index contributed by atoms with van der Waals surface area (Å²) in [5, 5.41) is 5.92. The molecule has 1 atom stereocenters. The Morgan fingerprint density at radius 2 is 1.74 bits per heavy atom. The van der Waals surface area contributed by atoms with E-state index in [1.54, 1.807) is 24.3 Å². The van der Waals surface area contributed by atoms with Gasteiger partial charge in [0.15, 0.2) is 0 Å². The molecule has 1 aromatic heterocycles. The summed E-state index contributed by atoms with van der Waals surface area (Å²) in [6.45, 7) is 8.82. The fraction of sp³-hybridized carbons (Fsp3) is 0.300. The summed E-state index contributed by atoms with van der Waals surface area (Å²) < 4.78 is 0. The Morgan fingerprint density at radius 3 is 2.45 bits per heavy atom. The number of benzene rings is 2. The number of aromatic amines is 1. The highest BCUT2D eigenvalue weighted by Crippen LogP contribution is 2.35. The number of amides is 3. The molecule has 3 aromatic rings. The molecule has 0 aliphatic carbocycles. The number of aryl methyl sites for hydroxylation is 1. The van der Waals surface area contributed by atoms with Crippen molar-refractivity contribution in [2.45, 2.75) is 26.8 Å². The number of aromatic nitrogens is 1. The molecule has 5 rings (SSSR count). The summed E-state index contributed by atoms with van der Waals surface area (Å²) >= 11 is 0. The standard InChI is InChI=1S/C30H33N5O3/c1-18-26(31-20(3)27(18)30(38)35-14-12-34(4)13-15-35)17-24-23-16-22(10-11-25(23)33-29(24)37)28(36)32-19(2)21-8-6-5-7-9-21/h5-11,16-17,19,31H,12-15H2,1-4H3,(H,32,36)(H,33,37)/t19-/m1/s1. The third kappa shape index (κ3) is 4.87. The van der Waals surface area contributed by atoms with Gasteiger partial charge in [-0.2, -0.15) is 0 Å². The average Bonchev–Trinajstić information content (AvgIpc) is 3.38. The van der Waals surface area contributed by atoms with E-state index in [1.165, 1.54) is 0 Å². The number of fused-ring (bicyclic) bond motifs is 1. The van der Waals surface area contributed by atoms with Crippen molar-refractivity contribution < 1.29 is 14.4 Å².